The van der Waals surface area contributed by atoms with Gasteiger partial charge in [-0.1, -0.05) is 58.9 Å². The molecule has 0 aliphatic rings. The monoisotopic (exact) mass is 413 g/mol. The summed E-state index contributed by atoms with van der Waals surface area (Å²) in [5, 5.41) is 5.18. The van der Waals surface area contributed by atoms with E-state index >= 15 is 0 Å². The maximum Gasteiger partial charge on any atom is 0.256 e. The fourth-order valence-corrected chi connectivity index (χ4v) is 4.07. The van der Waals surface area contributed by atoms with E-state index < -0.39 is 5.60 Å². The zero-order valence-corrected chi connectivity index (χ0v) is 19.7. The molecule has 1 N–H and O–H groups in total. The van der Waals surface area contributed by atoms with E-state index in [2.05, 4.69) is 46.9 Å². The molecule has 4 heteroatoms. The third-order valence-electron chi connectivity index (χ3n) is 5.35. The second-order valence-corrected chi connectivity index (χ2v) is 9.07. The van der Waals surface area contributed by atoms with Gasteiger partial charge in [-0.15, -0.1) is 0 Å². The lowest BCUT2D eigenvalue weighted by molar-refractivity contribution is -0.146. The molecule has 1 amide bonds. The first-order valence-corrected chi connectivity index (χ1v) is 11.4. The van der Waals surface area contributed by atoms with E-state index in [1.54, 1.807) is 0 Å². The number of rotatable bonds is 11. The van der Waals surface area contributed by atoms with Crippen molar-refractivity contribution in [1.29, 1.82) is 0 Å². The Hall–Kier alpha value is -2.07. The third kappa shape index (κ3) is 5.98. The van der Waals surface area contributed by atoms with Gasteiger partial charge in [0.25, 0.3) is 5.91 Å². The number of carbonyl (C=O) groups excluding carboxylic acids is 1. The highest BCUT2D eigenvalue weighted by Gasteiger charge is 2.40. The summed E-state index contributed by atoms with van der Waals surface area (Å²) in [6.45, 7) is 15.2. The van der Waals surface area contributed by atoms with E-state index in [1.807, 2.05) is 43.3 Å². The smallest absolute Gasteiger partial charge is 0.256 e. The maximum atomic E-state index is 13.6. The quantitative estimate of drug-likeness (QED) is 0.439. The zero-order chi connectivity index (χ0) is 22.3. The number of hydrogen-bond acceptors (Lipinski definition) is 3. The predicted molar refractivity (Wildman–Crippen MR) is 126 cm³/mol. The molecule has 166 valence electrons. The Kier molecular flexibility index (Phi) is 8.72. The lowest BCUT2D eigenvalue weighted by Gasteiger charge is -2.35. The van der Waals surface area contributed by atoms with Crippen molar-refractivity contribution in [3.8, 4) is 5.75 Å². The fraction of sp³-hybridized carbons (Fsp3) is 0.577. The number of fused-ring (bicyclic) bond motifs is 1. The highest BCUT2D eigenvalue weighted by atomic mass is 16.5. The van der Waals surface area contributed by atoms with Crippen LogP contribution in [-0.4, -0.2) is 24.2 Å². The van der Waals surface area contributed by atoms with Crippen LogP contribution in [0, 0.1) is 11.8 Å². The van der Waals surface area contributed by atoms with Crippen molar-refractivity contribution in [2.75, 3.05) is 11.9 Å². The first kappa shape index (κ1) is 24.2. The minimum Gasteiger partial charge on any atom is -0.490 e. The van der Waals surface area contributed by atoms with Crippen molar-refractivity contribution in [1.82, 2.24) is 0 Å². The summed E-state index contributed by atoms with van der Waals surface area (Å²) >= 11 is 0. The van der Waals surface area contributed by atoms with Crippen LogP contribution in [0.4, 0.5) is 5.69 Å². The molecule has 0 bridgehead atoms. The molecule has 30 heavy (non-hydrogen) atoms. The van der Waals surface area contributed by atoms with Crippen LogP contribution < -0.4 is 10.1 Å². The van der Waals surface area contributed by atoms with Gasteiger partial charge in [0.05, 0.1) is 6.10 Å². The average molecular weight is 414 g/mol. The van der Waals surface area contributed by atoms with Crippen LogP contribution in [0.1, 0.15) is 67.7 Å². The van der Waals surface area contributed by atoms with Crippen LogP contribution in [0.15, 0.2) is 36.4 Å². The van der Waals surface area contributed by atoms with Crippen molar-refractivity contribution >= 4 is 22.4 Å². The van der Waals surface area contributed by atoms with E-state index in [0.29, 0.717) is 31.3 Å². The van der Waals surface area contributed by atoms with Gasteiger partial charge in [-0.2, -0.15) is 0 Å². The summed E-state index contributed by atoms with van der Waals surface area (Å²) in [6.07, 6.45) is 2.46. The predicted octanol–water partition coefficient (Wildman–Crippen LogP) is 6.82. The number of ether oxygens (including phenoxy) is 2. The van der Waals surface area contributed by atoms with Gasteiger partial charge >= 0.3 is 0 Å². The zero-order valence-electron chi connectivity index (χ0n) is 19.7. The molecule has 2 rings (SSSR count). The Balaban J connectivity index is 2.43. The van der Waals surface area contributed by atoms with Crippen LogP contribution in [0.25, 0.3) is 10.8 Å². The number of benzene rings is 2. The standard InChI is InChI=1S/C26H39NO3/c1-8-20(7)30-24-15-14-23(21-12-10-11-13-22(21)24)27-25(28)26(29-9-2,16-18(3)4)17-19(5)6/h10-15,18-20H,8-9,16-17H2,1-7H3,(H,27,28)/t20-/m0/s1. The van der Waals surface area contributed by atoms with Crippen LogP contribution >= 0.6 is 0 Å². The molecule has 0 spiro atoms. The van der Waals surface area contributed by atoms with E-state index in [4.69, 9.17) is 9.47 Å². The van der Waals surface area contributed by atoms with E-state index in [-0.39, 0.29) is 12.0 Å². The van der Waals surface area contributed by atoms with Crippen molar-refractivity contribution in [2.45, 2.75) is 79.4 Å². The Labute approximate surface area is 182 Å². The molecular weight excluding hydrogens is 374 g/mol. The number of anilines is 1. The molecule has 0 fully saturated rings. The fourth-order valence-electron chi connectivity index (χ4n) is 4.07. The minimum absolute atomic E-state index is 0.0625. The number of amides is 1. The molecular formula is C26H39NO3. The highest BCUT2D eigenvalue weighted by molar-refractivity contribution is 6.06. The van der Waals surface area contributed by atoms with Crippen molar-refractivity contribution in [3.63, 3.8) is 0 Å². The lowest BCUT2D eigenvalue weighted by Crippen LogP contribution is -2.47. The van der Waals surface area contributed by atoms with E-state index in [0.717, 1.165) is 28.6 Å². The molecule has 0 heterocycles. The summed E-state index contributed by atoms with van der Waals surface area (Å²) in [5.41, 5.74) is -0.0342. The lowest BCUT2D eigenvalue weighted by atomic mass is 9.83. The van der Waals surface area contributed by atoms with Gasteiger partial charge in [0, 0.05) is 23.1 Å². The van der Waals surface area contributed by atoms with Gasteiger partial charge in [0.15, 0.2) is 0 Å². The molecule has 2 aromatic rings. The Bertz CT molecular complexity index is 818. The first-order valence-electron chi connectivity index (χ1n) is 11.4. The highest BCUT2D eigenvalue weighted by Crippen LogP contribution is 2.35. The number of nitrogens with one attached hydrogen (secondary N) is 1. The summed E-state index contributed by atoms with van der Waals surface area (Å²) in [6, 6.07) is 12.0. The first-order chi connectivity index (χ1) is 14.2. The molecule has 0 saturated carbocycles. The van der Waals surface area contributed by atoms with Gasteiger partial charge in [-0.25, -0.2) is 0 Å². The summed E-state index contributed by atoms with van der Waals surface area (Å²) in [5.74, 6) is 1.49. The summed E-state index contributed by atoms with van der Waals surface area (Å²) in [4.78, 5) is 13.6. The second kappa shape index (κ2) is 10.8. The van der Waals surface area contributed by atoms with Gasteiger partial charge in [0.2, 0.25) is 0 Å². The van der Waals surface area contributed by atoms with Gasteiger partial charge in [-0.3, -0.25) is 4.79 Å². The molecule has 0 aliphatic heterocycles. The SMILES string of the molecule is CCOC(CC(C)C)(CC(C)C)C(=O)Nc1ccc(O[C@@H](C)CC)c2ccccc12. The summed E-state index contributed by atoms with van der Waals surface area (Å²) < 4.78 is 12.3. The van der Waals surface area contributed by atoms with Gasteiger partial charge < -0.3 is 14.8 Å². The third-order valence-corrected chi connectivity index (χ3v) is 5.35. The molecule has 4 nitrogen and oxygen atoms in total. The largest absolute Gasteiger partial charge is 0.490 e. The molecule has 0 unspecified atom stereocenters. The van der Waals surface area contributed by atoms with Crippen LogP contribution in [0.2, 0.25) is 0 Å². The normalized spacial score (nSPS) is 13.1. The Morgan fingerprint density at radius 3 is 2.07 bits per heavy atom. The second-order valence-electron chi connectivity index (χ2n) is 9.07. The maximum absolute atomic E-state index is 13.6. The molecule has 0 radical (unpaired) electrons. The van der Waals surface area contributed by atoms with Crippen LogP contribution in [0.3, 0.4) is 0 Å². The van der Waals surface area contributed by atoms with E-state index in [1.165, 1.54) is 0 Å². The van der Waals surface area contributed by atoms with Crippen LogP contribution in [-0.2, 0) is 9.53 Å². The topological polar surface area (TPSA) is 47.6 Å². The van der Waals surface area contributed by atoms with Gasteiger partial charge in [-0.05, 0) is 57.1 Å². The Morgan fingerprint density at radius 2 is 1.53 bits per heavy atom. The van der Waals surface area contributed by atoms with Crippen molar-refractivity contribution in [2.24, 2.45) is 11.8 Å². The van der Waals surface area contributed by atoms with Gasteiger partial charge in [0.1, 0.15) is 11.4 Å². The molecule has 0 aliphatic carbocycles. The molecule has 1 atom stereocenters. The van der Waals surface area contributed by atoms with Crippen molar-refractivity contribution in [3.05, 3.63) is 36.4 Å². The van der Waals surface area contributed by atoms with Crippen LogP contribution in [0.5, 0.6) is 5.75 Å². The molecule has 0 saturated heterocycles. The molecule has 2 aromatic carbocycles. The average Bonchev–Trinajstić information content (AvgIpc) is 2.68. The number of hydrogen-bond donors (Lipinski definition) is 1. The molecule has 0 aromatic heterocycles. The van der Waals surface area contributed by atoms with E-state index in [9.17, 15) is 4.79 Å². The number of carbonyl (C=O) groups is 1. The summed E-state index contributed by atoms with van der Waals surface area (Å²) in [7, 11) is 0. The Morgan fingerprint density at radius 1 is 0.933 bits per heavy atom. The van der Waals surface area contributed by atoms with Crippen molar-refractivity contribution < 1.29 is 14.3 Å². The minimum atomic E-state index is -0.829.